The third kappa shape index (κ3) is 7.94. The van der Waals surface area contributed by atoms with Crippen molar-refractivity contribution >= 4 is 24.0 Å². The Bertz CT molecular complexity index is 798. The summed E-state index contributed by atoms with van der Waals surface area (Å²) in [6.07, 6.45) is 4.26. The Morgan fingerprint density at radius 3 is 2.41 bits per heavy atom. The summed E-state index contributed by atoms with van der Waals surface area (Å²) in [7, 11) is 0. The van der Waals surface area contributed by atoms with E-state index in [4.69, 9.17) is 16.0 Å². The molecule has 1 aliphatic carbocycles. The summed E-state index contributed by atoms with van der Waals surface area (Å²) in [6.45, 7) is 9.61. The van der Waals surface area contributed by atoms with Gasteiger partial charge in [0, 0.05) is 30.8 Å². The highest BCUT2D eigenvalue weighted by Gasteiger charge is 2.22. The number of hydrogen-bond donors (Lipinski definition) is 3. The quantitative estimate of drug-likeness (QED) is 0.268. The number of nitrogen functional groups attached to an aromatic ring is 1. The number of hydrogen-bond acceptors (Lipinski definition) is 6. The Labute approximate surface area is 188 Å². The lowest BCUT2D eigenvalue weighted by Gasteiger charge is -2.27. The molecule has 0 atom stereocenters. The van der Waals surface area contributed by atoms with E-state index in [1.165, 1.54) is 6.07 Å². The van der Waals surface area contributed by atoms with Crippen molar-refractivity contribution in [3.8, 4) is 0 Å². The number of amidine groups is 1. The number of nitrogens with two attached hydrogens (primary N) is 1. The highest BCUT2D eigenvalue weighted by molar-refractivity contribution is 5.87. The normalized spacial score (nSPS) is 20.6. The maximum Gasteiger partial charge on any atom is 0.171 e. The lowest BCUT2D eigenvalue weighted by atomic mass is 9.83. The van der Waals surface area contributed by atoms with Crippen molar-refractivity contribution in [1.29, 1.82) is 5.41 Å². The van der Waals surface area contributed by atoms with Crippen molar-refractivity contribution in [2.24, 2.45) is 16.1 Å². The fourth-order valence-corrected chi connectivity index (χ4v) is 3.71. The summed E-state index contributed by atoms with van der Waals surface area (Å²) >= 11 is 0. The minimum Gasteiger partial charge on any atom is -0.396 e. The van der Waals surface area contributed by atoms with Gasteiger partial charge in [-0.25, -0.2) is 13.8 Å². The van der Waals surface area contributed by atoms with Gasteiger partial charge in [-0.2, -0.15) is 0 Å². The molecule has 1 aliphatic heterocycles. The van der Waals surface area contributed by atoms with E-state index in [0.717, 1.165) is 44.8 Å². The fourth-order valence-electron chi connectivity index (χ4n) is 3.71. The van der Waals surface area contributed by atoms with Crippen LogP contribution in [0.1, 0.15) is 63.9 Å². The van der Waals surface area contributed by atoms with Crippen molar-refractivity contribution in [3.63, 3.8) is 0 Å². The molecule has 0 radical (unpaired) electrons. The number of aliphatic hydroxyl groups is 1. The van der Waals surface area contributed by atoms with E-state index >= 15 is 0 Å². The molecule has 1 saturated heterocycles. The van der Waals surface area contributed by atoms with Crippen LogP contribution in [0.2, 0.25) is 0 Å². The standard InChI is InChI=1S/C12H14F2N2.C11H21N3O2/c13-10-6-12(16)11(14)5-9(10)7-1-3-8(15)4-2-7;1-9(2)11(12-3)13-16-8-14-6-4-10(15)5-7-14/h5-7,15H,1-4,16H2;9-10,15H,3-8H2,1-2H3/b;13-11-. The summed E-state index contributed by atoms with van der Waals surface area (Å²) in [5.74, 6) is -0.128. The Kier molecular flexibility index (Phi) is 10.2. The van der Waals surface area contributed by atoms with E-state index in [9.17, 15) is 13.9 Å². The zero-order chi connectivity index (χ0) is 23.7. The predicted octanol–water partition coefficient (Wildman–Crippen LogP) is 4.31. The number of rotatable bonds is 5. The molecule has 2 fully saturated rings. The lowest BCUT2D eigenvalue weighted by Crippen LogP contribution is -2.36. The van der Waals surface area contributed by atoms with Crippen molar-refractivity contribution in [3.05, 3.63) is 29.3 Å². The van der Waals surface area contributed by atoms with E-state index < -0.39 is 11.6 Å². The molecule has 32 heavy (non-hydrogen) atoms. The molecule has 1 heterocycles. The molecule has 0 amide bonds. The van der Waals surface area contributed by atoms with Gasteiger partial charge >= 0.3 is 0 Å². The number of oxime groups is 1. The zero-order valence-corrected chi connectivity index (χ0v) is 19.0. The van der Waals surface area contributed by atoms with Crippen LogP contribution in [0, 0.1) is 23.0 Å². The van der Waals surface area contributed by atoms with E-state index in [-0.39, 0.29) is 23.6 Å². The molecule has 0 spiro atoms. The maximum atomic E-state index is 13.6. The van der Waals surface area contributed by atoms with Crippen LogP contribution in [-0.2, 0) is 4.84 Å². The van der Waals surface area contributed by atoms with Crippen LogP contribution < -0.4 is 5.73 Å². The Morgan fingerprint density at radius 1 is 1.22 bits per heavy atom. The molecule has 178 valence electrons. The summed E-state index contributed by atoms with van der Waals surface area (Å²) < 4.78 is 26.9. The first kappa shape index (κ1) is 25.9. The number of likely N-dealkylation sites (tertiary alicyclic amines) is 1. The molecule has 0 aromatic heterocycles. The van der Waals surface area contributed by atoms with Gasteiger partial charge in [0.05, 0.1) is 11.8 Å². The fraction of sp³-hybridized carbons (Fsp3) is 0.609. The maximum absolute atomic E-state index is 13.6. The minimum absolute atomic E-state index is 0.0178. The second-order valence-electron chi connectivity index (χ2n) is 8.64. The molecular weight excluding hydrogens is 416 g/mol. The second kappa shape index (κ2) is 12.6. The number of aliphatic imine (C=N–C) groups is 1. The molecule has 9 heteroatoms. The van der Waals surface area contributed by atoms with Crippen molar-refractivity contribution in [2.45, 2.75) is 64.4 Å². The summed E-state index contributed by atoms with van der Waals surface area (Å²) in [4.78, 5) is 11.1. The lowest BCUT2D eigenvalue weighted by molar-refractivity contribution is -0.00489. The Hall–Kier alpha value is -2.39. The Balaban J connectivity index is 0.000000227. The smallest absolute Gasteiger partial charge is 0.171 e. The zero-order valence-electron chi connectivity index (χ0n) is 19.0. The molecule has 3 rings (SSSR count). The van der Waals surface area contributed by atoms with Gasteiger partial charge in [-0.05, 0) is 62.8 Å². The van der Waals surface area contributed by atoms with Crippen molar-refractivity contribution in [1.82, 2.24) is 4.90 Å². The molecule has 1 aromatic carbocycles. The van der Waals surface area contributed by atoms with Gasteiger partial charge in [0.15, 0.2) is 12.6 Å². The first-order chi connectivity index (χ1) is 15.2. The summed E-state index contributed by atoms with van der Waals surface area (Å²) in [6, 6.07) is 2.24. The third-order valence-corrected chi connectivity index (χ3v) is 5.78. The largest absolute Gasteiger partial charge is 0.396 e. The van der Waals surface area contributed by atoms with Crippen LogP contribution in [0.5, 0.6) is 0 Å². The monoisotopic (exact) mass is 451 g/mol. The van der Waals surface area contributed by atoms with E-state index in [0.29, 0.717) is 36.7 Å². The Morgan fingerprint density at radius 2 is 1.84 bits per heavy atom. The number of nitrogens with zero attached hydrogens (tertiary/aromatic N) is 3. The highest BCUT2D eigenvalue weighted by Crippen LogP contribution is 2.34. The average Bonchev–Trinajstić information content (AvgIpc) is 2.76. The van der Waals surface area contributed by atoms with Gasteiger partial charge in [0.25, 0.3) is 0 Å². The first-order valence-corrected chi connectivity index (χ1v) is 11.1. The second-order valence-corrected chi connectivity index (χ2v) is 8.64. The molecule has 4 N–H and O–H groups in total. The summed E-state index contributed by atoms with van der Waals surface area (Å²) in [5, 5.41) is 20.8. The number of aliphatic hydroxyl groups excluding tert-OH is 1. The van der Waals surface area contributed by atoms with Crippen molar-refractivity contribution in [2.75, 3.05) is 25.6 Å². The predicted molar refractivity (Wildman–Crippen MR) is 124 cm³/mol. The van der Waals surface area contributed by atoms with Gasteiger partial charge in [0.2, 0.25) is 0 Å². The van der Waals surface area contributed by atoms with Crippen LogP contribution in [0.4, 0.5) is 14.5 Å². The van der Waals surface area contributed by atoms with Crippen LogP contribution in [0.25, 0.3) is 0 Å². The molecular formula is C23H35F2N5O2. The number of benzene rings is 1. The van der Waals surface area contributed by atoms with E-state index in [2.05, 4.69) is 21.8 Å². The van der Waals surface area contributed by atoms with Crippen LogP contribution in [0.3, 0.4) is 0 Å². The van der Waals surface area contributed by atoms with Crippen molar-refractivity contribution < 1.29 is 18.7 Å². The van der Waals surface area contributed by atoms with Gasteiger partial charge in [-0.15, -0.1) is 0 Å². The molecule has 7 nitrogen and oxygen atoms in total. The number of halogens is 2. The topological polar surface area (TPSA) is 107 Å². The number of anilines is 1. The third-order valence-electron chi connectivity index (χ3n) is 5.78. The molecule has 1 aromatic rings. The number of nitrogens with one attached hydrogen (secondary N) is 1. The van der Waals surface area contributed by atoms with Crippen LogP contribution in [-0.4, -0.2) is 54.2 Å². The van der Waals surface area contributed by atoms with E-state index in [1.807, 2.05) is 13.8 Å². The summed E-state index contributed by atoms with van der Waals surface area (Å²) in [5.41, 5.74) is 6.25. The SMILES string of the molecule is C=N/C(=N\OCN1CCC(O)CC1)C(C)C.N=C1CCC(c2cc(F)c(N)cc2F)CC1. The first-order valence-electron chi connectivity index (χ1n) is 11.1. The molecule has 0 bridgehead atoms. The van der Waals surface area contributed by atoms with Crippen LogP contribution >= 0.6 is 0 Å². The van der Waals surface area contributed by atoms with Gasteiger partial charge in [-0.1, -0.05) is 19.0 Å². The number of piperidine rings is 1. The highest BCUT2D eigenvalue weighted by atomic mass is 19.1. The van der Waals surface area contributed by atoms with Gasteiger partial charge < -0.3 is 21.1 Å². The molecule has 2 aliphatic rings. The molecule has 1 saturated carbocycles. The van der Waals surface area contributed by atoms with Gasteiger partial charge in [-0.3, -0.25) is 4.90 Å². The van der Waals surface area contributed by atoms with Crippen LogP contribution in [0.15, 0.2) is 22.3 Å². The van der Waals surface area contributed by atoms with Gasteiger partial charge in [0.1, 0.15) is 11.6 Å². The average molecular weight is 452 g/mol. The van der Waals surface area contributed by atoms with E-state index in [1.54, 1.807) is 0 Å². The molecule has 0 unspecified atom stereocenters. The minimum atomic E-state index is -0.558.